The molecule has 2 N–H and O–H groups in total. The first kappa shape index (κ1) is 19.6. The highest BCUT2D eigenvalue weighted by Gasteiger charge is 2.17. The molecule has 1 heterocycles. The van der Waals surface area contributed by atoms with Crippen molar-refractivity contribution in [3.05, 3.63) is 46.7 Å². The topological polar surface area (TPSA) is 84.5 Å². The minimum atomic E-state index is -3.61. The largest absolute Gasteiger partial charge is 0.383 e. The molecule has 0 aliphatic rings. The minimum Gasteiger partial charge on any atom is -0.383 e. The van der Waals surface area contributed by atoms with Crippen molar-refractivity contribution in [1.29, 1.82) is 0 Å². The summed E-state index contributed by atoms with van der Waals surface area (Å²) in [6.07, 6.45) is 1.08. The van der Waals surface area contributed by atoms with E-state index in [4.69, 9.17) is 4.74 Å². The highest BCUT2D eigenvalue weighted by atomic mass is 32.2. The predicted octanol–water partition coefficient (Wildman–Crippen LogP) is 2.63. The van der Waals surface area contributed by atoms with E-state index in [1.807, 2.05) is 17.5 Å². The summed E-state index contributed by atoms with van der Waals surface area (Å²) in [5.74, 6) is -0.101. The van der Waals surface area contributed by atoms with Crippen LogP contribution in [0.3, 0.4) is 0 Å². The number of ether oxygens (including phenoxy) is 1. The van der Waals surface area contributed by atoms with Gasteiger partial charge in [-0.05, 0) is 49.1 Å². The molecule has 2 rings (SSSR count). The fraction of sp³-hybridized carbons (Fsp3) is 0.353. The Hall–Kier alpha value is -1.74. The molecule has 2 aromatic rings. The van der Waals surface area contributed by atoms with Crippen LogP contribution in [0.2, 0.25) is 0 Å². The second-order valence-electron chi connectivity index (χ2n) is 5.63. The van der Waals surface area contributed by atoms with Crippen molar-refractivity contribution in [3.8, 4) is 0 Å². The van der Waals surface area contributed by atoms with Gasteiger partial charge in [0.05, 0.1) is 11.5 Å². The molecule has 1 unspecified atom stereocenters. The van der Waals surface area contributed by atoms with Crippen LogP contribution in [-0.4, -0.2) is 34.1 Å². The van der Waals surface area contributed by atoms with E-state index in [2.05, 4.69) is 10.0 Å². The Kier molecular flexibility index (Phi) is 7.12. The zero-order valence-corrected chi connectivity index (χ0v) is 15.8. The first-order chi connectivity index (χ1) is 11.9. The number of hydrogen-bond acceptors (Lipinski definition) is 5. The number of methoxy groups -OCH3 is 1. The number of amides is 1. The molecule has 0 radical (unpaired) electrons. The second kappa shape index (κ2) is 9.10. The van der Waals surface area contributed by atoms with Gasteiger partial charge in [0.25, 0.3) is 0 Å². The van der Waals surface area contributed by atoms with Gasteiger partial charge < -0.3 is 10.1 Å². The summed E-state index contributed by atoms with van der Waals surface area (Å²) in [5, 5.41) is 4.75. The third kappa shape index (κ3) is 6.24. The molecule has 6 nitrogen and oxygen atoms in total. The number of anilines is 1. The van der Waals surface area contributed by atoms with E-state index in [9.17, 15) is 13.2 Å². The number of rotatable bonds is 9. The average molecular weight is 383 g/mol. The molecule has 1 aromatic carbocycles. The van der Waals surface area contributed by atoms with Crippen molar-refractivity contribution in [2.75, 3.05) is 19.0 Å². The molecule has 136 valence electrons. The lowest BCUT2D eigenvalue weighted by Crippen LogP contribution is -2.35. The number of carbonyl (C=O) groups is 1. The Morgan fingerprint density at radius 2 is 1.96 bits per heavy atom. The van der Waals surface area contributed by atoms with Crippen LogP contribution in [-0.2, 0) is 26.0 Å². The van der Waals surface area contributed by atoms with Crippen LogP contribution in [0.5, 0.6) is 0 Å². The van der Waals surface area contributed by atoms with E-state index in [0.29, 0.717) is 18.5 Å². The lowest BCUT2D eigenvalue weighted by Gasteiger charge is -2.13. The highest BCUT2D eigenvalue weighted by molar-refractivity contribution is 7.89. The molecule has 1 amide bonds. The first-order valence-electron chi connectivity index (χ1n) is 7.84. The number of sulfonamides is 1. The quantitative estimate of drug-likeness (QED) is 0.698. The van der Waals surface area contributed by atoms with Crippen LogP contribution < -0.4 is 10.0 Å². The van der Waals surface area contributed by atoms with E-state index >= 15 is 0 Å². The van der Waals surface area contributed by atoms with E-state index < -0.39 is 10.0 Å². The number of hydrogen-bond donors (Lipinski definition) is 2. The van der Waals surface area contributed by atoms with Crippen LogP contribution in [0.4, 0.5) is 5.69 Å². The Morgan fingerprint density at radius 3 is 2.56 bits per heavy atom. The molecule has 0 saturated heterocycles. The van der Waals surface area contributed by atoms with Gasteiger partial charge in [-0.15, -0.1) is 11.3 Å². The van der Waals surface area contributed by atoms with E-state index in [-0.39, 0.29) is 23.5 Å². The summed E-state index contributed by atoms with van der Waals surface area (Å²) < 4.78 is 31.9. The molecule has 8 heteroatoms. The summed E-state index contributed by atoms with van der Waals surface area (Å²) in [5.41, 5.74) is 0.570. The van der Waals surface area contributed by atoms with Crippen LogP contribution in [0.25, 0.3) is 0 Å². The zero-order chi connectivity index (χ0) is 18.3. The molecule has 0 aliphatic carbocycles. The molecule has 25 heavy (non-hydrogen) atoms. The van der Waals surface area contributed by atoms with Crippen LogP contribution in [0.15, 0.2) is 46.7 Å². The van der Waals surface area contributed by atoms with Crippen molar-refractivity contribution in [2.24, 2.45) is 0 Å². The van der Waals surface area contributed by atoms with Crippen molar-refractivity contribution in [1.82, 2.24) is 4.72 Å². The first-order valence-corrected chi connectivity index (χ1v) is 10.2. The molecule has 0 saturated carbocycles. The maximum absolute atomic E-state index is 12.2. The lowest BCUT2D eigenvalue weighted by atomic mass is 10.2. The van der Waals surface area contributed by atoms with Gasteiger partial charge in [0.2, 0.25) is 15.9 Å². The summed E-state index contributed by atoms with van der Waals surface area (Å²) in [6, 6.07) is 9.73. The van der Waals surface area contributed by atoms with Crippen LogP contribution in [0.1, 0.15) is 18.2 Å². The Labute approximate surface area is 152 Å². The van der Waals surface area contributed by atoms with Gasteiger partial charge in [-0.3, -0.25) is 4.79 Å². The van der Waals surface area contributed by atoms with Crippen molar-refractivity contribution in [2.45, 2.75) is 30.7 Å². The summed E-state index contributed by atoms with van der Waals surface area (Å²) in [6.45, 7) is 2.01. The molecule has 1 aromatic heterocycles. The molecule has 0 bridgehead atoms. The number of aryl methyl sites for hydroxylation is 1. The number of nitrogens with one attached hydrogen (secondary N) is 2. The molecule has 1 atom stereocenters. The predicted molar refractivity (Wildman–Crippen MR) is 99.4 cm³/mol. The fourth-order valence-corrected chi connectivity index (χ4v) is 4.19. The van der Waals surface area contributed by atoms with Gasteiger partial charge in [-0.25, -0.2) is 13.1 Å². The lowest BCUT2D eigenvalue weighted by molar-refractivity contribution is -0.116. The summed E-state index contributed by atoms with van der Waals surface area (Å²) >= 11 is 1.62. The van der Waals surface area contributed by atoms with Crippen molar-refractivity contribution < 1.29 is 17.9 Å². The Bertz CT molecular complexity index is 771. The highest BCUT2D eigenvalue weighted by Crippen LogP contribution is 2.16. The van der Waals surface area contributed by atoms with Crippen LogP contribution in [0, 0.1) is 0 Å². The summed E-state index contributed by atoms with van der Waals surface area (Å²) in [7, 11) is -2.09. The maximum atomic E-state index is 12.2. The monoisotopic (exact) mass is 382 g/mol. The van der Waals surface area contributed by atoms with Gasteiger partial charge in [0.1, 0.15) is 0 Å². The third-order valence-electron chi connectivity index (χ3n) is 3.40. The van der Waals surface area contributed by atoms with Gasteiger partial charge in [-0.1, -0.05) is 6.07 Å². The number of thiophene rings is 1. The smallest absolute Gasteiger partial charge is 0.240 e. The van der Waals surface area contributed by atoms with Crippen molar-refractivity contribution in [3.63, 3.8) is 0 Å². The fourth-order valence-electron chi connectivity index (χ4n) is 2.25. The standard InChI is InChI=1S/C17H22N2O4S2/c1-13(12-23-2)19-25(21,22)16-8-5-14(6-9-16)18-17(20)10-7-15-4-3-11-24-15/h3-6,8-9,11,13,19H,7,10,12H2,1-2H3,(H,18,20). The van der Waals surface area contributed by atoms with Gasteiger partial charge >= 0.3 is 0 Å². The maximum Gasteiger partial charge on any atom is 0.240 e. The van der Waals surface area contributed by atoms with Gasteiger partial charge in [0, 0.05) is 30.1 Å². The average Bonchev–Trinajstić information content (AvgIpc) is 3.06. The molecule has 0 spiro atoms. The number of benzene rings is 1. The minimum absolute atomic E-state index is 0.101. The Balaban J connectivity index is 1.91. The van der Waals surface area contributed by atoms with E-state index in [1.165, 1.54) is 19.2 Å². The van der Waals surface area contributed by atoms with E-state index in [1.54, 1.807) is 30.4 Å². The number of carbonyl (C=O) groups excluding carboxylic acids is 1. The van der Waals surface area contributed by atoms with Crippen molar-refractivity contribution >= 4 is 33.0 Å². The molecular formula is C17H22N2O4S2. The van der Waals surface area contributed by atoms with Crippen LogP contribution >= 0.6 is 11.3 Å². The molecule has 0 fully saturated rings. The second-order valence-corrected chi connectivity index (χ2v) is 8.38. The zero-order valence-electron chi connectivity index (χ0n) is 14.2. The SMILES string of the molecule is COCC(C)NS(=O)(=O)c1ccc(NC(=O)CCc2cccs2)cc1. The molecule has 0 aliphatic heterocycles. The third-order valence-corrected chi connectivity index (χ3v) is 5.94. The van der Waals surface area contributed by atoms with Gasteiger partial charge in [-0.2, -0.15) is 0 Å². The van der Waals surface area contributed by atoms with E-state index in [0.717, 1.165) is 4.88 Å². The Morgan fingerprint density at radius 1 is 1.24 bits per heavy atom. The normalized spacial score (nSPS) is 12.7. The van der Waals surface area contributed by atoms with Gasteiger partial charge in [0.15, 0.2) is 0 Å². The molecular weight excluding hydrogens is 360 g/mol. The summed E-state index contributed by atoms with van der Waals surface area (Å²) in [4.78, 5) is 13.3.